The summed E-state index contributed by atoms with van der Waals surface area (Å²) in [4.78, 5) is 38.6. The Hall–Kier alpha value is -3.61. The first-order chi connectivity index (χ1) is 14.9. The quantitative estimate of drug-likeness (QED) is 0.406. The van der Waals surface area contributed by atoms with Crippen molar-refractivity contribution in [3.05, 3.63) is 76.1 Å². The van der Waals surface area contributed by atoms with Crippen LogP contribution in [0.2, 0.25) is 0 Å². The van der Waals surface area contributed by atoms with Crippen LogP contribution < -0.4 is 10.4 Å². The molecule has 0 bridgehead atoms. The maximum Gasteiger partial charge on any atom is 0.345 e. The molecule has 0 spiro atoms. The third-order valence-corrected chi connectivity index (χ3v) is 4.93. The number of hydrogen-bond acceptors (Lipinski definition) is 6. The average Bonchev–Trinajstić information content (AvgIpc) is 2.77. The number of nitrogens with zero attached hydrogens (tertiary/aromatic N) is 1. The zero-order valence-electron chi connectivity index (χ0n) is 17.8. The van der Waals surface area contributed by atoms with Gasteiger partial charge < -0.3 is 18.8 Å². The van der Waals surface area contributed by atoms with Gasteiger partial charge in [-0.05, 0) is 38.5 Å². The lowest BCUT2D eigenvalue weighted by molar-refractivity contribution is -0.162. The van der Waals surface area contributed by atoms with E-state index in [1.807, 2.05) is 26.8 Å². The van der Waals surface area contributed by atoms with Crippen LogP contribution in [0.5, 0.6) is 5.75 Å². The summed E-state index contributed by atoms with van der Waals surface area (Å²) in [6, 6.07) is 15.3. The van der Waals surface area contributed by atoms with Crippen LogP contribution >= 0.6 is 0 Å². The molecule has 0 fully saturated rings. The molecule has 3 aromatic rings. The molecule has 1 heterocycles. The third kappa shape index (κ3) is 5.31. The summed E-state index contributed by atoms with van der Waals surface area (Å²) in [7, 11) is 0. The fraction of sp³-hybridized carbons (Fsp3) is 0.292. The molecule has 0 unspecified atom stereocenters. The van der Waals surface area contributed by atoms with Gasteiger partial charge in [-0.15, -0.1) is 0 Å². The van der Waals surface area contributed by atoms with Crippen molar-refractivity contribution in [1.82, 2.24) is 4.90 Å². The van der Waals surface area contributed by atoms with E-state index in [2.05, 4.69) is 0 Å². The number of ether oxygens (including phenoxy) is 2. The zero-order valence-corrected chi connectivity index (χ0v) is 17.8. The van der Waals surface area contributed by atoms with Gasteiger partial charge >= 0.3 is 11.6 Å². The SMILES string of the molecule is CCN(CC)C(=O)[C@@H](OC(=O)COc1ccc2c(C)cc(=O)oc2c1)c1ccccc1. The summed E-state index contributed by atoms with van der Waals surface area (Å²) in [5.74, 6) is -0.614. The lowest BCUT2D eigenvalue weighted by atomic mass is 10.1. The summed E-state index contributed by atoms with van der Waals surface area (Å²) in [6.07, 6.45) is -1.05. The second-order valence-electron chi connectivity index (χ2n) is 6.99. The number of carbonyl (C=O) groups is 2. The maximum absolute atomic E-state index is 12.9. The fourth-order valence-electron chi connectivity index (χ4n) is 3.29. The lowest BCUT2D eigenvalue weighted by Gasteiger charge is -2.25. The Morgan fingerprint density at radius 3 is 2.42 bits per heavy atom. The molecule has 1 atom stereocenters. The van der Waals surface area contributed by atoms with E-state index in [9.17, 15) is 14.4 Å². The highest BCUT2D eigenvalue weighted by atomic mass is 16.6. The topological polar surface area (TPSA) is 86.0 Å². The molecule has 1 amide bonds. The van der Waals surface area contributed by atoms with Crippen molar-refractivity contribution >= 4 is 22.8 Å². The van der Waals surface area contributed by atoms with Crippen molar-refractivity contribution in [2.24, 2.45) is 0 Å². The minimum Gasteiger partial charge on any atom is -0.482 e. The second kappa shape index (κ2) is 9.93. The molecule has 162 valence electrons. The first kappa shape index (κ1) is 22.1. The van der Waals surface area contributed by atoms with Gasteiger partial charge in [-0.25, -0.2) is 9.59 Å². The molecule has 2 aromatic carbocycles. The average molecular weight is 423 g/mol. The molecule has 0 radical (unpaired) electrons. The van der Waals surface area contributed by atoms with Crippen LogP contribution in [-0.2, 0) is 14.3 Å². The van der Waals surface area contributed by atoms with E-state index in [0.29, 0.717) is 30.0 Å². The van der Waals surface area contributed by atoms with Gasteiger partial charge in [0.05, 0.1) is 0 Å². The molecule has 7 heteroatoms. The number of likely N-dealkylation sites (N-methyl/N-ethyl adjacent to an activating group) is 1. The summed E-state index contributed by atoms with van der Waals surface area (Å²) in [5, 5.41) is 0.781. The Morgan fingerprint density at radius 1 is 1.03 bits per heavy atom. The van der Waals surface area contributed by atoms with Gasteiger partial charge in [0, 0.05) is 36.2 Å². The molecule has 31 heavy (non-hydrogen) atoms. The normalized spacial score (nSPS) is 11.7. The van der Waals surface area contributed by atoms with Gasteiger partial charge in [0.1, 0.15) is 11.3 Å². The number of benzene rings is 2. The van der Waals surface area contributed by atoms with Crippen LogP contribution in [-0.4, -0.2) is 36.5 Å². The Labute approximate surface area is 180 Å². The van der Waals surface area contributed by atoms with Crippen LogP contribution in [0, 0.1) is 6.92 Å². The molecular formula is C24H25NO6. The van der Waals surface area contributed by atoms with Crippen LogP contribution in [0.4, 0.5) is 0 Å². The summed E-state index contributed by atoms with van der Waals surface area (Å²) in [6.45, 7) is 6.18. The summed E-state index contributed by atoms with van der Waals surface area (Å²) < 4.78 is 16.2. The Kier molecular flexibility index (Phi) is 7.07. The Bertz CT molecular complexity index is 1120. The van der Waals surface area contributed by atoms with E-state index in [1.165, 1.54) is 6.07 Å². The molecule has 0 aliphatic heterocycles. The number of rotatable bonds is 8. The highest BCUT2D eigenvalue weighted by molar-refractivity contribution is 5.85. The molecule has 0 saturated carbocycles. The smallest absolute Gasteiger partial charge is 0.345 e. The number of fused-ring (bicyclic) bond motifs is 1. The molecule has 0 aliphatic rings. The van der Waals surface area contributed by atoms with Crippen molar-refractivity contribution in [2.75, 3.05) is 19.7 Å². The van der Waals surface area contributed by atoms with Crippen molar-refractivity contribution in [3.63, 3.8) is 0 Å². The highest BCUT2D eigenvalue weighted by Gasteiger charge is 2.28. The van der Waals surface area contributed by atoms with Gasteiger partial charge in [0.2, 0.25) is 6.10 Å². The van der Waals surface area contributed by atoms with Gasteiger partial charge in [-0.2, -0.15) is 0 Å². The molecule has 7 nitrogen and oxygen atoms in total. The molecule has 0 N–H and O–H groups in total. The number of aryl methyl sites for hydroxylation is 1. The summed E-state index contributed by atoms with van der Waals surface area (Å²) in [5.41, 5.74) is 1.30. The predicted molar refractivity (Wildman–Crippen MR) is 116 cm³/mol. The predicted octanol–water partition coefficient (Wildman–Crippen LogP) is 3.63. The fourth-order valence-corrected chi connectivity index (χ4v) is 3.29. The van der Waals surface area contributed by atoms with Crippen LogP contribution in [0.15, 0.2) is 63.8 Å². The number of hydrogen-bond donors (Lipinski definition) is 0. The van der Waals surface area contributed by atoms with E-state index in [4.69, 9.17) is 13.9 Å². The minimum atomic E-state index is -1.05. The van der Waals surface area contributed by atoms with E-state index in [1.54, 1.807) is 47.4 Å². The maximum atomic E-state index is 12.9. The third-order valence-electron chi connectivity index (χ3n) is 4.93. The van der Waals surface area contributed by atoms with Gasteiger partial charge in [-0.1, -0.05) is 30.3 Å². The van der Waals surface area contributed by atoms with Crippen molar-refractivity contribution < 1.29 is 23.5 Å². The van der Waals surface area contributed by atoms with Gasteiger partial charge in [0.15, 0.2) is 6.61 Å². The number of carbonyl (C=O) groups excluding carboxylic acids is 2. The van der Waals surface area contributed by atoms with Crippen molar-refractivity contribution in [2.45, 2.75) is 26.9 Å². The molecule has 0 aliphatic carbocycles. The Morgan fingerprint density at radius 2 is 1.74 bits per heavy atom. The van der Waals surface area contributed by atoms with Crippen LogP contribution in [0.25, 0.3) is 11.0 Å². The standard InChI is InChI=1S/C24H25NO6/c1-4-25(5-2)24(28)23(17-9-7-6-8-10-17)31-22(27)15-29-18-11-12-19-16(3)13-21(26)30-20(19)14-18/h6-14,23H,4-5,15H2,1-3H3/t23-/m0/s1. The minimum absolute atomic E-state index is 0.285. The lowest BCUT2D eigenvalue weighted by Crippen LogP contribution is -2.37. The monoisotopic (exact) mass is 423 g/mol. The largest absolute Gasteiger partial charge is 0.482 e. The van der Waals surface area contributed by atoms with Crippen molar-refractivity contribution in [1.29, 1.82) is 0 Å². The molecule has 1 aromatic heterocycles. The van der Waals surface area contributed by atoms with Crippen molar-refractivity contribution in [3.8, 4) is 5.75 Å². The number of esters is 1. The van der Waals surface area contributed by atoms with Crippen LogP contribution in [0.3, 0.4) is 0 Å². The zero-order chi connectivity index (χ0) is 22.4. The van der Waals surface area contributed by atoms with Crippen LogP contribution in [0.1, 0.15) is 31.1 Å². The second-order valence-corrected chi connectivity index (χ2v) is 6.99. The highest BCUT2D eigenvalue weighted by Crippen LogP contribution is 2.23. The molecule has 0 saturated heterocycles. The summed E-state index contributed by atoms with van der Waals surface area (Å²) >= 11 is 0. The van der Waals surface area contributed by atoms with Gasteiger partial charge in [-0.3, -0.25) is 4.79 Å². The van der Waals surface area contributed by atoms with E-state index in [-0.39, 0.29) is 5.91 Å². The number of amides is 1. The first-order valence-electron chi connectivity index (χ1n) is 10.1. The molecular weight excluding hydrogens is 398 g/mol. The first-order valence-corrected chi connectivity index (χ1v) is 10.1. The van der Waals surface area contributed by atoms with Gasteiger partial charge in [0.25, 0.3) is 5.91 Å². The van der Waals surface area contributed by atoms with E-state index in [0.717, 1.165) is 10.9 Å². The Balaban J connectivity index is 1.73. The van der Waals surface area contributed by atoms with E-state index < -0.39 is 24.3 Å². The van der Waals surface area contributed by atoms with E-state index >= 15 is 0 Å². The molecule has 3 rings (SSSR count).